The number of benzene rings is 2. The van der Waals surface area contributed by atoms with Crippen molar-refractivity contribution in [2.45, 2.75) is 61.0 Å². The first-order chi connectivity index (χ1) is 17.5. The summed E-state index contributed by atoms with van der Waals surface area (Å²) in [7, 11) is -4.83. The van der Waals surface area contributed by atoms with E-state index in [9.17, 15) is 13.2 Å². The van der Waals surface area contributed by atoms with Gasteiger partial charge in [0, 0.05) is 22.7 Å². The molecule has 0 bridgehead atoms. The molecule has 1 aliphatic rings. The predicted octanol–water partition coefficient (Wildman–Crippen LogP) is 7.87. The van der Waals surface area contributed by atoms with Crippen LogP contribution in [0.3, 0.4) is 0 Å². The first-order valence-electron chi connectivity index (χ1n) is 12.8. The lowest BCUT2D eigenvalue weighted by Gasteiger charge is -2.35. The number of thiophene rings is 1. The number of esters is 1. The van der Waals surface area contributed by atoms with E-state index in [0.717, 1.165) is 38.9 Å². The maximum Gasteiger partial charge on any atom is 0.307 e. The van der Waals surface area contributed by atoms with Crippen molar-refractivity contribution >= 4 is 47.0 Å². The van der Waals surface area contributed by atoms with E-state index in [-0.39, 0.29) is 12.2 Å². The Labute approximate surface area is 230 Å². The zero-order chi connectivity index (χ0) is 26.7. The summed E-state index contributed by atoms with van der Waals surface area (Å²) in [4.78, 5) is 15.9. The number of carbonyl (C=O) groups is 1. The molecule has 37 heavy (non-hydrogen) atoms. The van der Waals surface area contributed by atoms with E-state index >= 15 is 0 Å². The highest BCUT2D eigenvalue weighted by molar-refractivity contribution is 7.98. The monoisotopic (exact) mass is 572 g/mol. The molecule has 1 saturated heterocycles. The third-order valence-corrected chi connectivity index (χ3v) is 13.5. The molecule has 0 unspecified atom stereocenters. The molecule has 4 nitrogen and oxygen atoms in total. The van der Waals surface area contributed by atoms with Crippen molar-refractivity contribution < 1.29 is 17.9 Å². The Morgan fingerprint density at radius 3 is 2.16 bits per heavy atom. The fourth-order valence-electron chi connectivity index (χ4n) is 4.72. The van der Waals surface area contributed by atoms with Crippen LogP contribution >= 0.6 is 23.1 Å². The first-order valence-corrected chi connectivity index (χ1v) is 20.2. The normalized spacial score (nSPS) is 19.5. The van der Waals surface area contributed by atoms with Crippen LogP contribution in [0.25, 0.3) is 21.6 Å². The molecular weight excluding hydrogens is 537 g/mol. The highest BCUT2D eigenvalue weighted by Gasteiger charge is 2.49. The van der Waals surface area contributed by atoms with Gasteiger partial charge in [0.15, 0.2) is 9.84 Å². The van der Waals surface area contributed by atoms with Gasteiger partial charge >= 0.3 is 5.97 Å². The molecule has 2 aromatic carbocycles. The van der Waals surface area contributed by atoms with Gasteiger partial charge in [-0.3, -0.25) is 4.79 Å². The molecule has 0 N–H and O–H groups in total. The molecule has 1 aliphatic heterocycles. The Morgan fingerprint density at radius 2 is 1.57 bits per heavy atom. The standard InChI is InChI=1S/C29H36O4S3Si/c1-34-25-13-11-23(12-14-25)22-7-9-24(10-8-22)26-15-16-27(35-26)29(17-5-6-19-36(29,31)32)21-28(30)33-18-20-37(2,3)4/h7-16H,5-6,17-21H2,1-4H3/t29-/m0/s1. The highest BCUT2D eigenvalue weighted by Crippen LogP contribution is 2.47. The summed E-state index contributed by atoms with van der Waals surface area (Å²) in [6, 6.07) is 21.7. The second-order valence-electron chi connectivity index (χ2n) is 10.9. The van der Waals surface area contributed by atoms with Crippen LogP contribution in [0.4, 0.5) is 0 Å². The van der Waals surface area contributed by atoms with E-state index in [2.05, 4.69) is 74.4 Å². The summed E-state index contributed by atoms with van der Waals surface area (Å²) in [6.07, 6.45) is 3.86. The molecule has 1 fully saturated rings. The SMILES string of the molecule is CSc1ccc(-c2ccc(-c3ccc([C@@]4(CC(=O)OCC[Si](C)(C)C)CCCCS4(=O)=O)s3)cc2)cc1. The smallest absolute Gasteiger partial charge is 0.307 e. The average Bonchev–Trinajstić information content (AvgIpc) is 3.35. The van der Waals surface area contributed by atoms with E-state index in [0.29, 0.717) is 19.4 Å². The summed E-state index contributed by atoms with van der Waals surface area (Å²) in [5, 5.41) is 0. The first kappa shape index (κ1) is 28.1. The topological polar surface area (TPSA) is 60.4 Å². The number of thioether (sulfide) groups is 1. The molecule has 0 amide bonds. The van der Waals surface area contributed by atoms with Crippen LogP contribution in [-0.4, -0.2) is 41.1 Å². The minimum atomic E-state index is -3.49. The highest BCUT2D eigenvalue weighted by atomic mass is 32.2. The average molecular weight is 573 g/mol. The van der Waals surface area contributed by atoms with Gasteiger partial charge in [-0.25, -0.2) is 8.42 Å². The van der Waals surface area contributed by atoms with Crippen molar-refractivity contribution in [3.63, 3.8) is 0 Å². The number of hydrogen-bond acceptors (Lipinski definition) is 6. The minimum Gasteiger partial charge on any atom is -0.466 e. The van der Waals surface area contributed by atoms with Crippen LogP contribution in [0.1, 0.15) is 30.6 Å². The molecule has 8 heteroatoms. The predicted molar refractivity (Wildman–Crippen MR) is 160 cm³/mol. The molecule has 1 aromatic heterocycles. The van der Waals surface area contributed by atoms with Crippen LogP contribution in [0.2, 0.25) is 25.7 Å². The van der Waals surface area contributed by atoms with Gasteiger partial charge in [0.1, 0.15) is 4.75 Å². The molecule has 198 valence electrons. The van der Waals surface area contributed by atoms with Crippen molar-refractivity contribution in [2.24, 2.45) is 0 Å². The minimum absolute atomic E-state index is 0.105. The fraction of sp³-hybridized carbons (Fsp3) is 0.414. The van der Waals surface area contributed by atoms with E-state index in [1.807, 2.05) is 12.1 Å². The Hall–Kier alpha value is -1.87. The maximum atomic E-state index is 13.5. The lowest BCUT2D eigenvalue weighted by Crippen LogP contribution is -2.42. The number of sulfone groups is 1. The van der Waals surface area contributed by atoms with Gasteiger partial charge < -0.3 is 4.74 Å². The molecule has 4 rings (SSSR count). The number of hydrogen-bond donors (Lipinski definition) is 0. The zero-order valence-corrected chi connectivity index (χ0v) is 25.5. The number of carbonyl (C=O) groups excluding carboxylic acids is 1. The molecule has 0 spiro atoms. The Morgan fingerprint density at radius 1 is 0.946 bits per heavy atom. The van der Waals surface area contributed by atoms with Crippen molar-refractivity contribution in [1.82, 2.24) is 0 Å². The van der Waals surface area contributed by atoms with Crippen LogP contribution in [-0.2, 0) is 24.1 Å². The number of ether oxygens (including phenoxy) is 1. The van der Waals surface area contributed by atoms with Gasteiger partial charge in [-0.15, -0.1) is 23.1 Å². The summed E-state index contributed by atoms with van der Waals surface area (Å²) in [6.45, 7) is 7.06. The molecule has 0 aliphatic carbocycles. The lowest BCUT2D eigenvalue weighted by molar-refractivity contribution is -0.144. The van der Waals surface area contributed by atoms with Gasteiger partial charge in [-0.2, -0.15) is 0 Å². The lowest BCUT2D eigenvalue weighted by atomic mass is 9.95. The summed E-state index contributed by atoms with van der Waals surface area (Å²) in [5.74, 6) is -0.289. The van der Waals surface area contributed by atoms with Crippen LogP contribution in [0, 0.1) is 0 Å². The van der Waals surface area contributed by atoms with Crippen LogP contribution in [0.5, 0.6) is 0 Å². The van der Waals surface area contributed by atoms with Gasteiger partial charge in [0.2, 0.25) is 0 Å². The molecule has 0 radical (unpaired) electrons. The van der Waals surface area contributed by atoms with E-state index in [1.54, 1.807) is 11.8 Å². The van der Waals surface area contributed by atoms with Crippen molar-refractivity contribution in [3.8, 4) is 21.6 Å². The number of rotatable bonds is 9. The van der Waals surface area contributed by atoms with E-state index in [4.69, 9.17) is 4.74 Å². The maximum absolute atomic E-state index is 13.5. The zero-order valence-electron chi connectivity index (χ0n) is 22.1. The molecule has 3 aromatic rings. The second kappa shape index (κ2) is 11.5. The van der Waals surface area contributed by atoms with Gasteiger partial charge in [-0.1, -0.05) is 62.5 Å². The third-order valence-electron chi connectivity index (χ3n) is 7.03. The van der Waals surface area contributed by atoms with Crippen molar-refractivity contribution in [2.75, 3.05) is 18.6 Å². The Balaban J connectivity index is 1.57. The van der Waals surface area contributed by atoms with Gasteiger partial charge in [0.25, 0.3) is 0 Å². The van der Waals surface area contributed by atoms with Gasteiger partial charge in [-0.05, 0) is 66.1 Å². The summed E-state index contributed by atoms with van der Waals surface area (Å²) >= 11 is 3.21. The van der Waals surface area contributed by atoms with E-state index in [1.165, 1.54) is 16.2 Å². The van der Waals surface area contributed by atoms with Crippen molar-refractivity contribution in [1.29, 1.82) is 0 Å². The molecular formula is C29H36O4S3Si. The van der Waals surface area contributed by atoms with Crippen molar-refractivity contribution in [3.05, 3.63) is 65.5 Å². The Kier molecular flexibility index (Phi) is 8.73. The summed E-state index contributed by atoms with van der Waals surface area (Å²) < 4.78 is 31.3. The van der Waals surface area contributed by atoms with Crippen LogP contribution in [0.15, 0.2) is 65.6 Å². The quantitative estimate of drug-likeness (QED) is 0.148. The van der Waals surface area contributed by atoms with E-state index < -0.39 is 28.6 Å². The Bertz CT molecular complexity index is 1320. The molecule has 2 heterocycles. The third kappa shape index (κ3) is 6.59. The fourth-order valence-corrected chi connectivity index (χ4v) is 9.61. The second-order valence-corrected chi connectivity index (χ2v) is 21.0. The summed E-state index contributed by atoms with van der Waals surface area (Å²) in [5.41, 5.74) is 3.35. The van der Waals surface area contributed by atoms with Gasteiger partial charge in [0.05, 0.1) is 18.8 Å². The molecule has 1 atom stereocenters. The molecule has 0 saturated carbocycles. The van der Waals surface area contributed by atoms with Crippen LogP contribution < -0.4 is 0 Å². The largest absolute Gasteiger partial charge is 0.466 e.